The molecule has 0 unspecified atom stereocenters. The van der Waals surface area contributed by atoms with Gasteiger partial charge in [-0.2, -0.15) is 0 Å². The van der Waals surface area contributed by atoms with Crippen molar-refractivity contribution in [3.63, 3.8) is 0 Å². The highest BCUT2D eigenvalue weighted by Gasteiger charge is 2.17. The van der Waals surface area contributed by atoms with Crippen LogP contribution in [0.5, 0.6) is 0 Å². The minimum Gasteiger partial charge on any atom is -0.453 e. The molecular weight excluding hydrogens is 386 g/mol. The van der Waals surface area contributed by atoms with E-state index in [4.69, 9.17) is 9.15 Å². The van der Waals surface area contributed by atoms with Crippen LogP contribution >= 0.6 is 0 Å². The van der Waals surface area contributed by atoms with E-state index in [0.29, 0.717) is 33.8 Å². The molecule has 1 heterocycles. The summed E-state index contributed by atoms with van der Waals surface area (Å²) in [7, 11) is 0. The number of hydrogen-bond donors (Lipinski definition) is 2. The van der Waals surface area contributed by atoms with Gasteiger partial charge in [-0.3, -0.25) is 9.59 Å². The van der Waals surface area contributed by atoms with Gasteiger partial charge in [-0.25, -0.2) is 9.78 Å². The van der Waals surface area contributed by atoms with Crippen molar-refractivity contribution in [1.82, 2.24) is 10.3 Å². The summed E-state index contributed by atoms with van der Waals surface area (Å²) < 4.78 is 11.0. The Morgan fingerprint density at radius 2 is 1.87 bits per heavy atom. The summed E-state index contributed by atoms with van der Waals surface area (Å²) in [5.41, 5.74) is 2.98. The second kappa shape index (κ2) is 8.14. The van der Waals surface area contributed by atoms with Gasteiger partial charge in [0.25, 0.3) is 0 Å². The van der Waals surface area contributed by atoms with Crippen molar-refractivity contribution in [3.8, 4) is 11.5 Å². The average Bonchev–Trinajstić information content (AvgIpc) is 2.63. The number of alkyl carbamates (subject to hydrolysis) is 1. The van der Waals surface area contributed by atoms with E-state index in [0.717, 1.165) is 5.56 Å². The van der Waals surface area contributed by atoms with E-state index in [1.807, 2.05) is 6.92 Å². The lowest BCUT2D eigenvalue weighted by Gasteiger charge is -2.19. The zero-order chi connectivity index (χ0) is 22.1. The van der Waals surface area contributed by atoms with Gasteiger partial charge in [0.05, 0.1) is 0 Å². The van der Waals surface area contributed by atoms with Crippen molar-refractivity contribution < 1.29 is 18.7 Å². The van der Waals surface area contributed by atoms with E-state index in [9.17, 15) is 14.4 Å². The molecule has 8 nitrogen and oxygen atoms in total. The maximum atomic E-state index is 12.2. The van der Waals surface area contributed by atoms with Crippen molar-refractivity contribution in [2.24, 2.45) is 0 Å². The summed E-state index contributed by atoms with van der Waals surface area (Å²) in [5, 5.41) is 5.30. The van der Waals surface area contributed by atoms with Crippen LogP contribution in [0.15, 0.2) is 33.5 Å². The molecule has 1 aromatic rings. The van der Waals surface area contributed by atoms with Gasteiger partial charge >= 0.3 is 6.09 Å². The molecule has 3 rings (SSSR count). The maximum absolute atomic E-state index is 12.2. The average molecular weight is 411 g/mol. The lowest BCUT2D eigenvalue weighted by Crippen LogP contribution is -2.34. The molecule has 1 aliphatic heterocycles. The number of rotatable bonds is 4. The molecule has 0 saturated heterocycles. The number of fused-ring (bicyclic) bond motifs is 2. The van der Waals surface area contributed by atoms with Gasteiger partial charge in [-0.05, 0) is 52.3 Å². The molecule has 1 aromatic carbocycles. The molecule has 2 N–H and O–H groups in total. The topological polar surface area (TPSA) is 111 Å². The number of nitrogens with zero attached hydrogens (tertiary/aromatic N) is 1. The number of benzene rings is 2. The molecule has 0 spiro atoms. The van der Waals surface area contributed by atoms with Gasteiger partial charge in [-0.1, -0.05) is 0 Å². The van der Waals surface area contributed by atoms with Gasteiger partial charge in [0, 0.05) is 36.3 Å². The quantitative estimate of drug-likeness (QED) is 0.633. The first-order chi connectivity index (χ1) is 14.0. The van der Waals surface area contributed by atoms with Crippen LogP contribution in [-0.4, -0.2) is 29.1 Å². The second-order valence-corrected chi connectivity index (χ2v) is 8.09. The van der Waals surface area contributed by atoms with Gasteiger partial charge in [-0.15, -0.1) is 0 Å². The Morgan fingerprint density at radius 1 is 1.13 bits per heavy atom. The molecule has 1 aliphatic carbocycles. The first-order valence-electron chi connectivity index (χ1n) is 9.65. The van der Waals surface area contributed by atoms with Crippen LogP contribution in [0.3, 0.4) is 0 Å². The van der Waals surface area contributed by atoms with Gasteiger partial charge in [0.15, 0.2) is 16.8 Å². The van der Waals surface area contributed by atoms with Crippen molar-refractivity contribution >= 4 is 28.8 Å². The van der Waals surface area contributed by atoms with E-state index in [1.165, 1.54) is 6.07 Å². The van der Waals surface area contributed by atoms with Crippen LogP contribution < -0.4 is 16.1 Å². The Morgan fingerprint density at radius 3 is 2.57 bits per heavy atom. The minimum absolute atomic E-state index is 0.0857. The summed E-state index contributed by atoms with van der Waals surface area (Å²) >= 11 is 0. The predicted octanol–water partition coefficient (Wildman–Crippen LogP) is 3.76. The molecule has 158 valence electrons. The van der Waals surface area contributed by atoms with Crippen LogP contribution in [0.4, 0.5) is 10.5 Å². The van der Waals surface area contributed by atoms with Gasteiger partial charge in [0.2, 0.25) is 5.91 Å². The molecule has 0 radical (unpaired) electrons. The van der Waals surface area contributed by atoms with Crippen molar-refractivity contribution in [2.75, 3.05) is 11.9 Å². The van der Waals surface area contributed by atoms with Crippen LogP contribution in [0.2, 0.25) is 0 Å². The number of amides is 2. The van der Waals surface area contributed by atoms with Gasteiger partial charge < -0.3 is 19.8 Å². The fourth-order valence-electron chi connectivity index (χ4n) is 2.88. The third-order valence-electron chi connectivity index (χ3n) is 4.50. The zero-order valence-corrected chi connectivity index (χ0v) is 17.7. The Hall–Kier alpha value is -3.42. The molecule has 0 fully saturated rings. The Bertz CT molecular complexity index is 1140. The molecule has 2 amide bonds. The summed E-state index contributed by atoms with van der Waals surface area (Å²) in [5.74, 6) is 0.133. The normalized spacial score (nSPS) is 11.5. The molecule has 2 aliphatic rings. The maximum Gasteiger partial charge on any atom is 0.407 e. The Labute approximate surface area is 174 Å². The first kappa shape index (κ1) is 21.3. The summed E-state index contributed by atoms with van der Waals surface area (Å²) in [6, 6.07) is 6.55. The van der Waals surface area contributed by atoms with E-state index in [1.54, 1.807) is 45.9 Å². The van der Waals surface area contributed by atoms with Crippen LogP contribution in [0.25, 0.3) is 22.6 Å². The second-order valence-electron chi connectivity index (χ2n) is 8.09. The lowest BCUT2D eigenvalue weighted by molar-refractivity contribution is -0.116. The highest BCUT2D eigenvalue weighted by Crippen LogP contribution is 2.29. The van der Waals surface area contributed by atoms with E-state index >= 15 is 0 Å². The number of ether oxygens (including phenoxy) is 1. The molecule has 0 saturated carbocycles. The summed E-state index contributed by atoms with van der Waals surface area (Å²) in [6.07, 6.45) is -0.483. The third kappa shape index (κ3) is 4.94. The van der Waals surface area contributed by atoms with E-state index in [2.05, 4.69) is 15.6 Å². The van der Waals surface area contributed by atoms with Crippen LogP contribution in [0.1, 0.15) is 38.3 Å². The molecule has 30 heavy (non-hydrogen) atoms. The number of carbonyl (C=O) groups is 2. The summed E-state index contributed by atoms with van der Waals surface area (Å²) in [6.45, 7) is 9.05. The van der Waals surface area contributed by atoms with E-state index < -0.39 is 11.7 Å². The van der Waals surface area contributed by atoms with Crippen molar-refractivity contribution in [1.29, 1.82) is 0 Å². The largest absolute Gasteiger partial charge is 0.453 e. The molecule has 8 heteroatoms. The smallest absolute Gasteiger partial charge is 0.407 e. The van der Waals surface area contributed by atoms with Crippen molar-refractivity contribution in [2.45, 2.75) is 46.6 Å². The number of nitrogens with one attached hydrogen (secondary N) is 2. The molecule has 0 aromatic heterocycles. The number of aromatic nitrogens is 1. The fraction of sp³-hybridized carbons (Fsp3) is 0.364. The molecular formula is C22H25N3O5. The van der Waals surface area contributed by atoms with Gasteiger partial charge in [0.1, 0.15) is 16.8 Å². The lowest BCUT2D eigenvalue weighted by atomic mass is 10.0. The number of anilines is 1. The molecule has 0 atom stereocenters. The molecule has 0 bridgehead atoms. The monoisotopic (exact) mass is 411 g/mol. The Balaban J connectivity index is 1.70. The number of hydrogen-bond acceptors (Lipinski definition) is 6. The van der Waals surface area contributed by atoms with Crippen LogP contribution in [0, 0.1) is 13.8 Å². The minimum atomic E-state index is -0.594. The standard InChI is InChI=1S/C22H25N3O5/c1-12-13(2)20-18(11-16(12)26)29-17-10-14(6-7-15(17)25-20)24-19(27)8-9-23-21(28)30-22(3,4)5/h6-7,10-11H,8-9H2,1-5H3,(H,23,28)(H,24,27). The zero-order valence-electron chi connectivity index (χ0n) is 17.7. The number of carbonyl (C=O) groups excluding carboxylic acids is 2. The Kier molecular flexibility index (Phi) is 5.78. The fourth-order valence-corrected chi connectivity index (χ4v) is 2.88. The van der Waals surface area contributed by atoms with Crippen molar-refractivity contribution in [3.05, 3.63) is 45.6 Å². The first-order valence-corrected chi connectivity index (χ1v) is 9.65. The highest BCUT2D eigenvalue weighted by atomic mass is 16.6. The predicted molar refractivity (Wildman–Crippen MR) is 114 cm³/mol. The van der Waals surface area contributed by atoms with Crippen LogP contribution in [-0.2, 0) is 9.53 Å². The third-order valence-corrected chi connectivity index (χ3v) is 4.50. The van der Waals surface area contributed by atoms with E-state index in [-0.39, 0.29) is 24.3 Å². The summed E-state index contributed by atoms with van der Waals surface area (Å²) in [4.78, 5) is 40.4. The highest BCUT2D eigenvalue weighted by molar-refractivity contribution is 5.93. The SMILES string of the molecule is Cc1c2nc3ccc(NC(=O)CCNC(=O)OC(C)(C)C)cc3oc-2cc(=O)c1C.